The van der Waals surface area contributed by atoms with Crippen LogP contribution in [0.1, 0.15) is 52.5 Å². The fourth-order valence-corrected chi connectivity index (χ4v) is 3.17. The van der Waals surface area contributed by atoms with Crippen LogP contribution >= 0.6 is 0 Å². The van der Waals surface area contributed by atoms with Crippen LogP contribution in [0.15, 0.2) is 18.2 Å². The molecule has 6 nitrogen and oxygen atoms in total. The molecule has 2 heterocycles. The zero-order valence-corrected chi connectivity index (χ0v) is 14.0. The molecule has 1 saturated carbocycles. The topological polar surface area (TPSA) is 76.0 Å². The van der Waals surface area contributed by atoms with E-state index < -0.39 is 23.2 Å². The summed E-state index contributed by atoms with van der Waals surface area (Å²) in [6.45, 7) is 0.594. The van der Waals surface area contributed by atoms with Gasteiger partial charge in [0.15, 0.2) is 11.5 Å². The third-order valence-corrected chi connectivity index (χ3v) is 4.65. The van der Waals surface area contributed by atoms with Gasteiger partial charge in [0.2, 0.25) is 0 Å². The molecule has 0 bridgehead atoms. The quantitative estimate of drug-likeness (QED) is 0.880. The number of hydrogen-bond acceptors (Lipinski definition) is 3. The molecule has 2 aliphatic rings. The second kappa shape index (κ2) is 6.51. The molecule has 1 aromatic heterocycles. The van der Waals surface area contributed by atoms with Gasteiger partial charge in [-0.1, -0.05) is 6.07 Å². The lowest BCUT2D eigenvalue weighted by molar-refractivity contribution is 0.0935. The number of hydrogen-bond donors (Lipinski definition) is 2. The Bertz CT molecular complexity index is 869. The van der Waals surface area contributed by atoms with Gasteiger partial charge in [0.1, 0.15) is 17.3 Å². The number of para-hydroxylation sites is 1. The molecule has 26 heavy (non-hydrogen) atoms. The zero-order chi connectivity index (χ0) is 18.3. The Hall–Kier alpha value is -2.77. The van der Waals surface area contributed by atoms with Gasteiger partial charge in [-0.2, -0.15) is 0 Å². The molecular weight excluding hydrogens is 342 g/mol. The van der Waals surface area contributed by atoms with Crippen molar-refractivity contribution < 1.29 is 18.4 Å². The minimum Gasteiger partial charge on any atom is -0.347 e. The van der Waals surface area contributed by atoms with Crippen LogP contribution in [0.3, 0.4) is 0 Å². The van der Waals surface area contributed by atoms with Gasteiger partial charge in [0, 0.05) is 12.6 Å². The van der Waals surface area contributed by atoms with Gasteiger partial charge in [-0.25, -0.2) is 13.8 Å². The molecule has 1 fully saturated rings. The van der Waals surface area contributed by atoms with E-state index in [4.69, 9.17) is 0 Å². The summed E-state index contributed by atoms with van der Waals surface area (Å²) in [7, 11) is 0. The second-order valence-electron chi connectivity index (χ2n) is 6.64. The van der Waals surface area contributed by atoms with Crippen molar-refractivity contribution in [2.45, 2.75) is 44.7 Å². The lowest BCUT2D eigenvalue weighted by atomic mass is 10.1. The molecule has 0 saturated heterocycles. The van der Waals surface area contributed by atoms with Gasteiger partial charge in [-0.3, -0.25) is 9.59 Å². The number of anilines is 1. The number of aromatic nitrogens is 2. The minimum atomic E-state index is -0.863. The molecule has 2 N–H and O–H groups in total. The summed E-state index contributed by atoms with van der Waals surface area (Å²) in [5.74, 6) is -2.57. The van der Waals surface area contributed by atoms with E-state index in [1.165, 1.54) is 6.07 Å². The summed E-state index contributed by atoms with van der Waals surface area (Å²) < 4.78 is 29.4. The Morgan fingerprint density at radius 3 is 2.54 bits per heavy atom. The predicted molar refractivity (Wildman–Crippen MR) is 90.0 cm³/mol. The van der Waals surface area contributed by atoms with Crippen LogP contribution in [0.25, 0.3) is 0 Å². The number of imidazole rings is 1. The zero-order valence-electron chi connectivity index (χ0n) is 14.0. The van der Waals surface area contributed by atoms with Crippen LogP contribution in [0.2, 0.25) is 0 Å². The van der Waals surface area contributed by atoms with Gasteiger partial charge >= 0.3 is 0 Å². The number of fused-ring (bicyclic) bond motifs is 1. The molecule has 1 aliphatic carbocycles. The smallest absolute Gasteiger partial charge is 0.287 e. The highest BCUT2D eigenvalue weighted by atomic mass is 19.1. The van der Waals surface area contributed by atoms with E-state index in [0.717, 1.165) is 37.8 Å². The first-order valence-corrected chi connectivity index (χ1v) is 8.70. The van der Waals surface area contributed by atoms with E-state index in [2.05, 4.69) is 15.6 Å². The summed E-state index contributed by atoms with van der Waals surface area (Å²) in [6, 6.07) is 3.52. The maximum Gasteiger partial charge on any atom is 0.287 e. The number of carbonyl (C=O) groups is 2. The van der Waals surface area contributed by atoms with E-state index in [1.54, 1.807) is 4.57 Å². The lowest BCUT2D eigenvalue weighted by Crippen LogP contribution is -2.29. The average Bonchev–Trinajstić information content (AvgIpc) is 3.35. The van der Waals surface area contributed by atoms with Crippen LogP contribution in [-0.4, -0.2) is 27.4 Å². The second-order valence-corrected chi connectivity index (χ2v) is 6.64. The number of nitrogens with zero attached hydrogens (tertiary/aromatic N) is 2. The summed E-state index contributed by atoms with van der Waals surface area (Å²) in [5.41, 5.74) is 0.166. The molecular formula is C18H18F2N4O2. The van der Waals surface area contributed by atoms with Gasteiger partial charge in [-0.15, -0.1) is 0 Å². The molecule has 0 radical (unpaired) electrons. The first-order chi connectivity index (χ1) is 12.5. The number of halogens is 2. The molecule has 1 aromatic carbocycles. The highest BCUT2D eigenvalue weighted by molar-refractivity contribution is 6.05. The van der Waals surface area contributed by atoms with Crippen molar-refractivity contribution in [2.24, 2.45) is 0 Å². The van der Waals surface area contributed by atoms with Gasteiger partial charge in [-0.05, 0) is 44.2 Å². The van der Waals surface area contributed by atoms with Crippen molar-refractivity contribution in [2.75, 3.05) is 5.32 Å². The van der Waals surface area contributed by atoms with Crippen LogP contribution < -0.4 is 10.6 Å². The van der Waals surface area contributed by atoms with E-state index in [0.29, 0.717) is 18.7 Å². The third kappa shape index (κ3) is 3.07. The maximum absolute atomic E-state index is 13.8. The third-order valence-electron chi connectivity index (χ3n) is 4.65. The number of benzene rings is 1. The Morgan fingerprint density at radius 2 is 1.85 bits per heavy atom. The molecule has 4 rings (SSSR count). The maximum atomic E-state index is 13.8. The molecule has 1 aliphatic heterocycles. The van der Waals surface area contributed by atoms with E-state index >= 15 is 0 Å². The lowest BCUT2D eigenvalue weighted by Gasteiger charge is -2.17. The molecule has 2 amide bonds. The summed E-state index contributed by atoms with van der Waals surface area (Å²) in [5, 5.41) is 5.12. The monoisotopic (exact) mass is 360 g/mol. The summed E-state index contributed by atoms with van der Waals surface area (Å²) in [4.78, 5) is 29.3. The Balaban J connectivity index is 1.66. The highest BCUT2D eigenvalue weighted by Gasteiger charge is 2.31. The van der Waals surface area contributed by atoms with Crippen molar-refractivity contribution in [3.8, 4) is 0 Å². The van der Waals surface area contributed by atoms with Crippen molar-refractivity contribution in [1.82, 2.24) is 14.9 Å². The Morgan fingerprint density at radius 1 is 1.12 bits per heavy atom. The van der Waals surface area contributed by atoms with Gasteiger partial charge < -0.3 is 15.2 Å². The van der Waals surface area contributed by atoms with Crippen LogP contribution in [0.4, 0.5) is 14.5 Å². The Labute approximate surface area is 148 Å². The molecule has 0 spiro atoms. The normalized spacial score (nSPS) is 16.1. The standard InChI is InChI=1S/C18H18F2N4O2/c19-11-4-3-5-12(20)14(11)23-17(25)15-13-6-1-2-9-24(13)16(22-15)18(26)21-10-7-8-10/h3-5,10H,1-2,6-9H2,(H,21,26)(H,23,25). The number of amides is 2. The molecule has 0 atom stereocenters. The Kier molecular flexibility index (Phi) is 4.18. The van der Waals surface area contributed by atoms with E-state index in [1.807, 2.05) is 0 Å². The molecule has 0 unspecified atom stereocenters. The van der Waals surface area contributed by atoms with Crippen molar-refractivity contribution in [3.05, 3.63) is 47.0 Å². The average molecular weight is 360 g/mol. The largest absolute Gasteiger partial charge is 0.347 e. The molecule has 136 valence electrons. The predicted octanol–water partition coefficient (Wildman–Crippen LogP) is 2.64. The summed E-state index contributed by atoms with van der Waals surface area (Å²) >= 11 is 0. The van der Waals surface area contributed by atoms with Crippen molar-refractivity contribution in [1.29, 1.82) is 0 Å². The number of carbonyl (C=O) groups excluding carboxylic acids is 2. The van der Waals surface area contributed by atoms with Crippen LogP contribution in [0, 0.1) is 11.6 Å². The van der Waals surface area contributed by atoms with E-state index in [9.17, 15) is 18.4 Å². The molecule has 8 heteroatoms. The van der Waals surface area contributed by atoms with Gasteiger partial charge in [0.05, 0.1) is 5.69 Å². The number of nitrogens with one attached hydrogen (secondary N) is 2. The fourth-order valence-electron chi connectivity index (χ4n) is 3.17. The highest BCUT2D eigenvalue weighted by Crippen LogP contribution is 2.25. The molecule has 2 aromatic rings. The van der Waals surface area contributed by atoms with Crippen LogP contribution in [0.5, 0.6) is 0 Å². The number of rotatable bonds is 4. The van der Waals surface area contributed by atoms with E-state index in [-0.39, 0.29) is 23.5 Å². The van der Waals surface area contributed by atoms with Crippen molar-refractivity contribution >= 4 is 17.5 Å². The minimum absolute atomic E-state index is 0.0494. The van der Waals surface area contributed by atoms with Gasteiger partial charge in [0.25, 0.3) is 11.8 Å². The first-order valence-electron chi connectivity index (χ1n) is 8.70. The summed E-state index contributed by atoms with van der Waals surface area (Å²) in [6.07, 6.45) is 4.23. The van der Waals surface area contributed by atoms with Crippen molar-refractivity contribution in [3.63, 3.8) is 0 Å². The van der Waals surface area contributed by atoms with Crippen LogP contribution in [-0.2, 0) is 13.0 Å². The fraction of sp³-hybridized carbons (Fsp3) is 0.389. The first kappa shape index (κ1) is 16.7. The SMILES string of the molecule is O=C(Nc1c(F)cccc1F)c1nc(C(=O)NC2CC2)n2c1CCCC2.